The molecule has 1 heterocycles. The number of carbonyl (C=O) groups is 1. The quantitative estimate of drug-likeness (QED) is 0.0931. The second-order valence-electron chi connectivity index (χ2n) is 12.2. The molecule has 1 atom stereocenters. The molecule has 1 aliphatic rings. The van der Waals surface area contributed by atoms with E-state index in [1.54, 1.807) is 6.08 Å². The number of benzene rings is 3. The Morgan fingerprint density at radius 1 is 1.00 bits per heavy atom. The third-order valence-corrected chi connectivity index (χ3v) is 8.20. The van der Waals surface area contributed by atoms with Crippen LogP contribution in [0, 0.1) is 6.92 Å². The molecule has 44 heavy (non-hydrogen) atoms. The lowest BCUT2D eigenvalue weighted by Crippen LogP contribution is -2.46. The van der Waals surface area contributed by atoms with Crippen LogP contribution in [-0.2, 0) is 22.3 Å². The summed E-state index contributed by atoms with van der Waals surface area (Å²) in [4.78, 5) is 15.0. The maximum atomic E-state index is 14.6. The molecule has 1 fully saturated rings. The molecule has 0 radical (unpaired) electrons. The minimum absolute atomic E-state index is 0.0296. The van der Waals surface area contributed by atoms with Crippen LogP contribution in [0.15, 0.2) is 60.7 Å². The minimum atomic E-state index is -4.59. The standard InChI is InChI=1S/C36H41BrF3NO3/c1-25-26(14-10-15-30(25)27-12-6-5-7-13-27)17-18-28-23-33(43-21-11-19-37)29(22-31(28)36(38,39)40)24-41-20-9-8-16-32(41)34(42)44-35(2,3)4/h5-7,10,12-15,17-18,22-23,32H,8-9,11,16,19-21,24H2,1-4H3/b18-17+/t32-/m0/s1. The number of likely N-dealkylation sites (tertiary alicyclic amines) is 1. The molecule has 4 rings (SSSR count). The van der Waals surface area contributed by atoms with E-state index in [2.05, 4.69) is 15.9 Å². The van der Waals surface area contributed by atoms with Gasteiger partial charge < -0.3 is 9.47 Å². The first-order chi connectivity index (χ1) is 20.9. The van der Waals surface area contributed by atoms with Gasteiger partial charge in [0.25, 0.3) is 0 Å². The summed E-state index contributed by atoms with van der Waals surface area (Å²) < 4.78 is 55.4. The monoisotopic (exact) mass is 671 g/mol. The van der Waals surface area contributed by atoms with Crippen LogP contribution in [0.3, 0.4) is 0 Å². The third-order valence-electron chi connectivity index (χ3n) is 7.64. The van der Waals surface area contributed by atoms with Crippen molar-refractivity contribution < 1.29 is 27.4 Å². The zero-order chi connectivity index (χ0) is 31.9. The molecule has 3 aromatic carbocycles. The van der Waals surface area contributed by atoms with Crippen molar-refractivity contribution in [1.82, 2.24) is 4.90 Å². The lowest BCUT2D eigenvalue weighted by Gasteiger charge is -2.36. The molecular weight excluding hydrogens is 631 g/mol. The number of carbonyl (C=O) groups excluding carboxylic acids is 1. The molecular formula is C36H41BrF3NO3. The Bertz CT molecular complexity index is 1450. The van der Waals surface area contributed by atoms with E-state index in [1.807, 2.05) is 81.1 Å². The Morgan fingerprint density at radius 3 is 2.41 bits per heavy atom. The van der Waals surface area contributed by atoms with Crippen molar-refractivity contribution >= 4 is 34.1 Å². The summed E-state index contributed by atoms with van der Waals surface area (Å²) in [7, 11) is 0. The van der Waals surface area contributed by atoms with Crippen molar-refractivity contribution in [2.24, 2.45) is 0 Å². The predicted molar refractivity (Wildman–Crippen MR) is 175 cm³/mol. The van der Waals surface area contributed by atoms with E-state index in [4.69, 9.17) is 9.47 Å². The van der Waals surface area contributed by atoms with Gasteiger partial charge in [0, 0.05) is 17.4 Å². The van der Waals surface area contributed by atoms with Crippen LogP contribution < -0.4 is 4.74 Å². The fourth-order valence-electron chi connectivity index (χ4n) is 5.50. The van der Waals surface area contributed by atoms with Crippen LogP contribution in [0.2, 0.25) is 0 Å². The van der Waals surface area contributed by atoms with E-state index < -0.39 is 23.4 Å². The summed E-state index contributed by atoms with van der Waals surface area (Å²) in [6, 6.07) is 17.9. The highest BCUT2D eigenvalue weighted by Gasteiger charge is 2.36. The molecule has 4 nitrogen and oxygen atoms in total. The molecule has 1 aliphatic heterocycles. The van der Waals surface area contributed by atoms with Crippen molar-refractivity contribution in [3.8, 4) is 16.9 Å². The van der Waals surface area contributed by atoms with E-state index in [0.717, 1.165) is 35.1 Å². The highest BCUT2D eigenvalue weighted by molar-refractivity contribution is 9.09. The fraction of sp³-hybridized carbons (Fsp3) is 0.417. The van der Waals surface area contributed by atoms with Gasteiger partial charge in [0.05, 0.1) is 12.2 Å². The smallest absolute Gasteiger partial charge is 0.417 e. The van der Waals surface area contributed by atoms with Gasteiger partial charge in [-0.25, -0.2) is 0 Å². The second kappa shape index (κ2) is 14.8. The number of nitrogens with zero attached hydrogens (tertiary/aromatic N) is 1. The van der Waals surface area contributed by atoms with Crippen molar-refractivity contribution in [1.29, 1.82) is 0 Å². The first-order valence-electron chi connectivity index (χ1n) is 15.1. The SMILES string of the molecule is Cc1c(/C=C/c2cc(OCCCBr)c(CN3CCCC[C@H]3C(=O)OC(C)(C)C)cc2C(F)(F)F)cccc1-c1ccccc1. The number of ether oxygens (including phenoxy) is 2. The number of esters is 1. The molecule has 0 unspecified atom stereocenters. The molecule has 0 spiro atoms. The van der Waals surface area contributed by atoms with Gasteiger partial charge in [-0.1, -0.05) is 83.0 Å². The molecule has 3 aromatic rings. The number of halogens is 4. The average molecular weight is 673 g/mol. The normalized spacial score (nSPS) is 16.3. The zero-order valence-electron chi connectivity index (χ0n) is 25.8. The van der Waals surface area contributed by atoms with Gasteiger partial charge >= 0.3 is 12.1 Å². The summed E-state index contributed by atoms with van der Waals surface area (Å²) in [6.45, 7) is 8.51. The topological polar surface area (TPSA) is 38.8 Å². The van der Waals surface area contributed by atoms with Gasteiger partial charge in [0.1, 0.15) is 17.4 Å². The van der Waals surface area contributed by atoms with E-state index in [9.17, 15) is 18.0 Å². The lowest BCUT2D eigenvalue weighted by atomic mass is 9.95. The van der Waals surface area contributed by atoms with Crippen LogP contribution in [0.25, 0.3) is 23.3 Å². The van der Waals surface area contributed by atoms with Crippen LogP contribution in [-0.4, -0.2) is 41.0 Å². The molecule has 0 N–H and O–H groups in total. The van der Waals surface area contributed by atoms with E-state index >= 15 is 0 Å². The Hall–Kier alpha value is -3.10. The lowest BCUT2D eigenvalue weighted by molar-refractivity contribution is -0.163. The Labute approximate surface area is 267 Å². The van der Waals surface area contributed by atoms with Crippen molar-refractivity contribution in [3.05, 3.63) is 88.5 Å². The number of piperidine rings is 1. The molecule has 0 aromatic heterocycles. The summed E-state index contributed by atoms with van der Waals surface area (Å²) in [5, 5.41) is 0.708. The summed E-state index contributed by atoms with van der Waals surface area (Å²) in [5.41, 5.74) is 2.93. The van der Waals surface area contributed by atoms with Crippen LogP contribution in [0.1, 0.15) is 74.3 Å². The fourth-order valence-corrected chi connectivity index (χ4v) is 5.73. The molecule has 0 saturated carbocycles. The van der Waals surface area contributed by atoms with Gasteiger partial charge in [0.15, 0.2) is 0 Å². The largest absolute Gasteiger partial charge is 0.493 e. The van der Waals surface area contributed by atoms with Gasteiger partial charge in [-0.05, 0) is 93.5 Å². The maximum Gasteiger partial charge on any atom is 0.417 e. The van der Waals surface area contributed by atoms with Crippen LogP contribution >= 0.6 is 15.9 Å². The first-order valence-corrected chi connectivity index (χ1v) is 16.2. The zero-order valence-corrected chi connectivity index (χ0v) is 27.4. The first kappa shape index (κ1) is 33.8. The average Bonchev–Trinajstić information content (AvgIpc) is 2.97. The number of rotatable bonds is 10. The molecule has 0 aliphatic carbocycles. The predicted octanol–water partition coefficient (Wildman–Crippen LogP) is 9.71. The van der Waals surface area contributed by atoms with Crippen molar-refractivity contribution in [3.63, 3.8) is 0 Å². The molecule has 236 valence electrons. The highest BCUT2D eigenvalue weighted by atomic mass is 79.9. The van der Waals surface area contributed by atoms with Gasteiger partial charge in [-0.15, -0.1) is 0 Å². The van der Waals surface area contributed by atoms with E-state index in [0.29, 0.717) is 42.6 Å². The Kier molecular flexibility index (Phi) is 11.4. The Morgan fingerprint density at radius 2 is 1.73 bits per heavy atom. The third kappa shape index (κ3) is 8.98. The van der Waals surface area contributed by atoms with Crippen LogP contribution in [0.5, 0.6) is 5.75 Å². The van der Waals surface area contributed by atoms with E-state index in [1.165, 1.54) is 18.2 Å². The number of hydrogen-bond acceptors (Lipinski definition) is 4. The summed E-state index contributed by atoms with van der Waals surface area (Å²) in [6.07, 6.45) is 1.67. The maximum absolute atomic E-state index is 14.6. The van der Waals surface area contributed by atoms with Crippen molar-refractivity contribution in [2.45, 2.75) is 77.7 Å². The van der Waals surface area contributed by atoms with Crippen molar-refractivity contribution in [2.75, 3.05) is 18.5 Å². The second-order valence-corrected chi connectivity index (χ2v) is 13.0. The highest BCUT2D eigenvalue weighted by Crippen LogP contribution is 2.38. The number of hydrogen-bond donors (Lipinski definition) is 0. The molecule has 0 amide bonds. The molecule has 0 bridgehead atoms. The molecule has 8 heteroatoms. The van der Waals surface area contributed by atoms with Gasteiger partial charge in [0.2, 0.25) is 0 Å². The van der Waals surface area contributed by atoms with Gasteiger partial charge in [-0.3, -0.25) is 9.69 Å². The Balaban J connectivity index is 1.72. The summed E-state index contributed by atoms with van der Waals surface area (Å²) in [5.74, 6) is 0.0459. The van der Waals surface area contributed by atoms with E-state index in [-0.39, 0.29) is 18.1 Å². The summed E-state index contributed by atoms with van der Waals surface area (Å²) >= 11 is 3.40. The molecule has 1 saturated heterocycles. The van der Waals surface area contributed by atoms with Crippen LogP contribution in [0.4, 0.5) is 13.2 Å². The number of alkyl halides is 4. The van der Waals surface area contributed by atoms with Gasteiger partial charge in [-0.2, -0.15) is 13.2 Å². The minimum Gasteiger partial charge on any atom is -0.493 e.